The fraction of sp³-hybridized carbons (Fsp3) is 0.167. The molecule has 5 rings (SSSR count). The smallest absolute Gasteiger partial charge is 0.290 e. The number of benzene rings is 2. The molecule has 0 saturated heterocycles. The van der Waals surface area contributed by atoms with Crippen LogP contribution in [0.1, 0.15) is 44.4 Å². The van der Waals surface area contributed by atoms with Crippen molar-refractivity contribution >= 4 is 51.0 Å². The van der Waals surface area contributed by atoms with Crippen LogP contribution in [-0.4, -0.2) is 34.2 Å². The molecular weight excluding hydrogens is 597 g/mol. The van der Waals surface area contributed by atoms with Gasteiger partial charge in [0, 0.05) is 12.7 Å². The maximum absolute atomic E-state index is 13.7. The first-order valence-electron chi connectivity index (χ1n) is 12.9. The number of pyridine rings is 1. The van der Waals surface area contributed by atoms with Crippen LogP contribution in [0.5, 0.6) is 0 Å². The van der Waals surface area contributed by atoms with E-state index in [0.717, 1.165) is 11.1 Å². The van der Waals surface area contributed by atoms with Crippen molar-refractivity contribution in [3.8, 4) is 0 Å². The normalized spacial score (nSPS) is 12.0. The number of sulfonamides is 1. The van der Waals surface area contributed by atoms with Crippen LogP contribution in [-0.2, 0) is 23.1 Å². The summed E-state index contributed by atoms with van der Waals surface area (Å²) < 4.78 is 36.2. The molecule has 1 N–H and O–H groups in total. The van der Waals surface area contributed by atoms with Crippen molar-refractivity contribution < 1.29 is 17.6 Å². The summed E-state index contributed by atoms with van der Waals surface area (Å²) in [7, 11) is -3.91. The third-order valence-corrected chi connectivity index (χ3v) is 9.09. The van der Waals surface area contributed by atoms with Gasteiger partial charge in [-0.15, -0.1) is 0 Å². The van der Waals surface area contributed by atoms with Crippen molar-refractivity contribution in [2.75, 3.05) is 0 Å². The Kier molecular flexibility index (Phi) is 8.51. The van der Waals surface area contributed by atoms with E-state index in [9.17, 15) is 13.2 Å². The largest absolute Gasteiger partial charge is 0.459 e. The minimum atomic E-state index is -3.91. The van der Waals surface area contributed by atoms with Crippen molar-refractivity contribution in [2.45, 2.75) is 38.8 Å². The van der Waals surface area contributed by atoms with Crippen LogP contribution >= 0.6 is 23.2 Å². The van der Waals surface area contributed by atoms with Gasteiger partial charge in [-0.3, -0.25) is 9.20 Å². The molecule has 216 valence electrons. The fourth-order valence-electron chi connectivity index (χ4n) is 4.39. The zero-order valence-electron chi connectivity index (χ0n) is 23.0. The number of fused-ring (bicyclic) bond motifs is 1. The molecule has 1 amide bonds. The maximum Gasteiger partial charge on any atom is 0.290 e. The molecule has 0 aliphatic carbocycles. The van der Waals surface area contributed by atoms with Crippen LogP contribution in [0.2, 0.25) is 10.0 Å². The Morgan fingerprint density at radius 1 is 0.976 bits per heavy atom. The number of halogens is 2. The van der Waals surface area contributed by atoms with Crippen LogP contribution in [0.3, 0.4) is 0 Å². The van der Waals surface area contributed by atoms with Gasteiger partial charge >= 0.3 is 0 Å². The van der Waals surface area contributed by atoms with Gasteiger partial charge in [-0.2, -0.15) is 9.41 Å². The van der Waals surface area contributed by atoms with E-state index in [1.54, 1.807) is 72.1 Å². The molecule has 3 aromatic heterocycles. The maximum atomic E-state index is 13.7. The van der Waals surface area contributed by atoms with Gasteiger partial charge in [-0.05, 0) is 80.4 Å². The quantitative estimate of drug-likeness (QED) is 0.153. The third kappa shape index (κ3) is 6.42. The van der Waals surface area contributed by atoms with Crippen LogP contribution in [0.4, 0.5) is 0 Å². The van der Waals surface area contributed by atoms with Gasteiger partial charge in [0.2, 0.25) is 10.0 Å². The summed E-state index contributed by atoms with van der Waals surface area (Å²) >= 11 is 12.2. The molecular formula is C30H27Cl2N5O4S. The Morgan fingerprint density at radius 3 is 2.48 bits per heavy atom. The summed E-state index contributed by atoms with van der Waals surface area (Å²) in [6.45, 7) is 5.57. The average molecular weight is 625 g/mol. The Morgan fingerprint density at radius 2 is 1.74 bits per heavy atom. The number of amides is 1. The van der Waals surface area contributed by atoms with E-state index in [1.807, 2.05) is 26.0 Å². The number of carbonyl (C=O) groups is 1. The topological polar surface area (TPSA) is 109 Å². The minimum absolute atomic E-state index is 0.0332. The molecule has 0 unspecified atom stereocenters. The highest BCUT2D eigenvalue weighted by atomic mass is 35.5. The molecule has 0 aliphatic heterocycles. The molecule has 9 nitrogen and oxygen atoms in total. The molecule has 2 aromatic carbocycles. The van der Waals surface area contributed by atoms with E-state index in [1.165, 1.54) is 10.5 Å². The SMILES string of the molecule is Cc1ccc(S(=O)(=O)N(Cc2ccc(Cl)c(Cl)c2)Cc2ccc(/C=N/NC(=O)c3c(C)nc4cc(C)ccn34)o2)cc1. The molecule has 0 bridgehead atoms. The van der Waals surface area contributed by atoms with Crippen LogP contribution in [0.15, 0.2) is 87.3 Å². The van der Waals surface area contributed by atoms with E-state index in [4.69, 9.17) is 27.6 Å². The third-order valence-electron chi connectivity index (χ3n) is 6.55. The molecule has 0 atom stereocenters. The molecule has 0 fully saturated rings. The highest BCUT2D eigenvalue weighted by molar-refractivity contribution is 7.89. The molecule has 0 saturated carbocycles. The molecule has 0 aliphatic rings. The predicted octanol–water partition coefficient (Wildman–Crippen LogP) is 6.31. The predicted molar refractivity (Wildman–Crippen MR) is 163 cm³/mol. The van der Waals surface area contributed by atoms with Crippen molar-refractivity contribution in [1.82, 2.24) is 19.1 Å². The van der Waals surface area contributed by atoms with Gasteiger partial charge in [-0.25, -0.2) is 18.8 Å². The molecule has 0 radical (unpaired) electrons. The van der Waals surface area contributed by atoms with E-state index in [-0.39, 0.29) is 18.0 Å². The van der Waals surface area contributed by atoms with Gasteiger partial charge in [0.25, 0.3) is 5.91 Å². The zero-order valence-corrected chi connectivity index (χ0v) is 25.3. The minimum Gasteiger partial charge on any atom is -0.459 e. The first kappa shape index (κ1) is 29.5. The number of nitrogens with one attached hydrogen (secondary N) is 1. The second kappa shape index (κ2) is 12.1. The van der Waals surface area contributed by atoms with Gasteiger partial charge in [0.15, 0.2) is 0 Å². The zero-order chi connectivity index (χ0) is 30.0. The Labute approximate surface area is 253 Å². The number of aromatic nitrogens is 2. The Bertz CT molecular complexity index is 1910. The number of imidazole rings is 1. The number of furan rings is 1. The highest BCUT2D eigenvalue weighted by Gasteiger charge is 2.26. The number of nitrogens with zero attached hydrogens (tertiary/aromatic N) is 4. The highest BCUT2D eigenvalue weighted by Crippen LogP contribution is 2.26. The molecule has 42 heavy (non-hydrogen) atoms. The van der Waals surface area contributed by atoms with Gasteiger partial charge in [0.05, 0.1) is 33.4 Å². The van der Waals surface area contributed by atoms with E-state index >= 15 is 0 Å². The Balaban J connectivity index is 1.34. The number of carbonyl (C=O) groups excluding carboxylic acids is 1. The average Bonchev–Trinajstić information content (AvgIpc) is 3.53. The standard InChI is InChI=1S/C30H27Cl2N5O4S/c1-19-4-9-25(10-5-19)42(39,40)36(17-22-6-11-26(31)27(32)15-22)18-24-8-7-23(41-24)16-33-35-30(38)29-21(3)34-28-14-20(2)12-13-37(28)29/h4-16H,17-18H2,1-3H3,(H,35,38)/b33-16+. The van der Waals surface area contributed by atoms with Crippen LogP contribution in [0.25, 0.3) is 5.65 Å². The lowest BCUT2D eigenvalue weighted by atomic mass is 10.2. The first-order valence-corrected chi connectivity index (χ1v) is 15.1. The number of aryl methyl sites for hydroxylation is 3. The van der Waals surface area contributed by atoms with E-state index in [2.05, 4.69) is 15.5 Å². The summed E-state index contributed by atoms with van der Waals surface area (Å²) in [5.74, 6) is 0.286. The van der Waals surface area contributed by atoms with Crippen molar-refractivity contribution in [2.24, 2.45) is 5.10 Å². The van der Waals surface area contributed by atoms with Gasteiger partial charge in [0.1, 0.15) is 22.9 Å². The monoisotopic (exact) mass is 623 g/mol. The van der Waals surface area contributed by atoms with Gasteiger partial charge < -0.3 is 4.42 Å². The first-order chi connectivity index (χ1) is 20.0. The lowest BCUT2D eigenvalue weighted by Crippen LogP contribution is -2.30. The van der Waals surface area contributed by atoms with Crippen LogP contribution < -0.4 is 5.43 Å². The summed E-state index contributed by atoms with van der Waals surface area (Å²) in [6.07, 6.45) is 3.14. The van der Waals surface area contributed by atoms with Crippen molar-refractivity contribution in [3.05, 3.63) is 123 Å². The lowest BCUT2D eigenvalue weighted by Gasteiger charge is -2.22. The van der Waals surface area contributed by atoms with Crippen molar-refractivity contribution in [3.63, 3.8) is 0 Å². The fourth-order valence-corrected chi connectivity index (χ4v) is 6.11. The summed E-state index contributed by atoms with van der Waals surface area (Å²) in [5.41, 5.74) is 6.76. The van der Waals surface area contributed by atoms with Crippen LogP contribution in [0, 0.1) is 20.8 Å². The summed E-state index contributed by atoms with van der Waals surface area (Å²) in [5, 5.41) is 4.73. The Hall–Kier alpha value is -3.96. The van der Waals surface area contributed by atoms with E-state index in [0.29, 0.717) is 44.2 Å². The molecule has 12 heteroatoms. The number of hydrogen-bond acceptors (Lipinski definition) is 6. The van der Waals surface area contributed by atoms with Crippen molar-refractivity contribution in [1.29, 1.82) is 0 Å². The van der Waals surface area contributed by atoms with E-state index < -0.39 is 15.9 Å². The number of hydrogen-bond donors (Lipinski definition) is 1. The molecule has 3 heterocycles. The summed E-state index contributed by atoms with van der Waals surface area (Å²) in [4.78, 5) is 17.4. The van der Waals surface area contributed by atoms with Gasteiger partial charge in [-0.1, -0.05) is 47.0 Å². The summed E-state index contributed by atoms with van der Waals surface area (Å²) in [6, 6.07) is 18.7. The lowest BCUT2D eigenvalue weighted by molar-refractivity contribution is 0.0948. The second-order valence-corrected chi connectivity index (χ2v) is 12.6. The molecule has 0 spiro atoms. The number of hydrazone groups is 1. The molecule has 5 aromatic rings. The second-order valence-electron chi connectivity index (χ2n) is 9.82. The number of rotatable bonds is 9.